The lowest BCUT2D eigenvalue weighted by Gasteiger charge is -2.20. The lowest BCUT2D eigenvalue weighted by Crippen LogP contribution is -2.38. The molecule has 1 unspecified atom stereocenters. The minimum atomic E-state index is -0.442. The fourth-order valence-corrected chi connectivity index (χ4v) is 2.22. The largest absolute Gasteiger partial charge is 0.269 e. The zero-order valence-electron chi connectivity index (χ0n) is 10.6. The first-order valence-corrected chi connectivity index (χ1v) is 6.04. The van der Waals surface area contributed by atoms with Gasteiger partial charge in [-0.15, -0.1) is 6.42 Å². The molecule has 1 aromatic rings. The highest BCUT2D eigenvalue weighted by Crippen LogP contribution is 2.26. The molecule has 1 atom stereocenters. The Morgan fingerprint density at radius 1 is 1.28 bits per heavy atom. The first-order chi connectivity index (χ1) is 8.60. The van der Waals surface area contributed by atoms with Crippen LogP contribution in [0.3, 0.4) is 0 Å². The molecule has 1 heterocycles. The van der Waals surface area contributed by atoms with Crippen LogP contribution in [0.25, 0.3) is 0 Å². The Morgan fingerprint density at radius 3 is 2.56 bits per heavy atom. The summed E-state index contributed by atoms with van der Waals surface area (Å²) < 4.78 is 0. The molecule has 18 heavy (non-hydrogen) atoms. The van der Waals surface area contributed by atoms with Gasteiger partial charge in [0.15, 0.2) is 0 Å². The third kappa shape index (κ3) is 1.80. The SMILES string of the molecule is C#CC(CCC)N1C(=O)c2ccc(C)cc2C1=O. The van der Waals surface area contributed by atoms with Crippen LogP contribution in [0.4, 0.5) is 0 Å². The van der Waals surface area contributed by atoms with Crippen LogP contribution >= 0.6 is 0 Å². The number of hydrogen-bond donors (Lipinski definition) is 0. The molecule has 3 heteroatoms. The van der Waals surface area contributed by atoms with Crippen molar-refractivity contribution in [1.82, 2.24) is 4.90 Å². The number of imide groups is 1. The predicted molar refractivity (Wildman–Crippen MR) is 69.2 cm³/mol. The normalized spacial score (nSPS) is 15.5. The molecule has 1 aromatic carbocycles. The Hall–Kier alpha value is -2.08. The maximum absolute atomic E-state index is 12.2. The van der Waals surface area contributed by atoms with Crippen LogP contribution in [0.15, 0.2) is 18.2 Å². The molecule has 0 radical (unpaired) electrons. The average Bonchev–Trinajstić information content (AvgIpc) is 2.59. The van der Waals surface area contributed by atoms with E-state index in [-0.39, 0.29) is 11.8 Å². The van der Waals surface area contributed by atoms with E-state index in [4.69, 9.17) is 6.42 Å². The van der Waals surface area contributed by atoms with Gasteiger partial charge in [-0.3, -0.25) is 14.5 Å². The number of benzene rings is 1. The van der Waals surface area contributed by atoms with Crippen LogP contribution in [0.2, 0.25) is 0 Å². The van der Waals surface area contributed by atoms with Crippen LogP contribution < -0.4 is 0 Å². The summed E-state index contributed by atoms with van der Waals surface area (Å²) in [6.07, 6.45) is 6.91. The fourth-order valence-electron chi connectivity index (χ4n) is 2.22. The molecule has 92 valence electrons. The molecule has 0 fully saturated rings. The minimum absolute atomic E-state index is 0.268. The van der Waals surface area contributed by atoms with Crippen molar-refractivity contribution in [1.29, 1.82) is 0 Å². The summed E-state index contributed by atoms with van der Waals surface area (Å²) in [5.74, 6) is 2.00. The van der Waals surface area contributed by atoms with E-state index < -0.39 is 6.04 Å². The van der Waals surface area contributed by atoms with Crippen LogP contribution in [-0.2, 0) is 0 Å². The lowest BCUT2D eigenvalue weighted by molar-refractivity contribution is 0.0615. The first kappa shape index (κ1) is 12.4. The number of carbonyl (C=O) groups is 2. The first-order valence-electron chi connectivity index (χ1n) is 6.04. The van der Waals surface area contributed by atoms with Gasteiger partial charge in [0.25, 0.3) is 11.8 Å². The summed E-state index contributed by atoms with van der Waals surface area (Å²) in [4.78, 5) is 25.7. The summed E-state index contributed by atoms with van der Waals surface area (Å²) in [6.45, 7) is 3.87. The van der Waals surface area contributed by atoms with E-state index in [1.807, 2.05) is 19.9 Å². The van der Waals surface area contributed by atoms with Crippen molar-refractivity contribution in [3.8, 4) is 12.3 Å². The molecule has 2 amide bonds. The molecule has 3 nitrogen and oxygen atoms in total. The number of rotatable bonds is 3. The molecule has 1 aliphatic rings. The Labute approximate surface area is 107 Å². The van der Waals surface area contributed by atoms with Crippen LogP contribution in [0.5, 0.6) is 0 Å². The third-order valence-corrected chi connectivity index (χ3v) is 3.14. The number of fused-ring (bicyclic) bond motifs is 1. The molecular formula is C15H15NO2. The fraction of sp³-hybridized carbons (Fsp3) is 0.333. The topological polar surface area (TPSA) is 37.4 Å². The average molecular weight is 241 g/mol. The van der Waals surface area contributed by atoms with Gasteiger partial charge >= 0.3 is 0 Å². The molecule has 2 rings (SSSR count). The van der Waals surface area contributed by atoms with Gasteiger partial charge in [0.1, 0.15) is 6.04 Å². The highest BCUT2D eigenvalue weighted by molar-refractivity contribution is 6.21. The zero-order chi connectivity index (χ0) is 13.3. The van der Waals surface area contributed by atoms with Gasteiger partial charge in [-0.1, -0.05) is 30.9 Å². The molecular weight excluding hydrogens is 226 g/mol. The molecule has 1 aliphatic heterocycles. The van der Waals surface area contributed by atoms with Gasteiger partial charge < -0.3 is 0 Å². The second-order valence-electron chi connectivity index (χ2n) is 4.50. The van der Waals surface area contributed by atoms with E-state index in [9.17, 15) is 9.59 Å². The number of nitrogens with zero attached hydrogens (tertiary/aromatic N) is 1. The molecule has 0 aromatic heterocycles. The number of carbonyl (C=O) groups excluding carboxylic acids is 2. The Morgan fingerprint density at radius 2 is 1.94 bits per heavy atom. The summed E-state index contributed by atoms with van der Waals surface area (Å²) in [5, 5.41) is 0. The maximum Gasteiger partial charge on any atom is 0.262 e. The van der Waals surface area contributed by atoms with Gasteiger partial charge in [-0.25, -0.2) is 0 Å². The highest BCUT2D eigenvalue weighted by Gasteiger charge is 2.38. The summed E-state index contributed by atoms with van der Waals surface area (Å²) in [6, 6.07) is 4.83. The van der Waals surface area contributed by atoms with E-state index >= 15 is 0 Å². The standard InChI is InChI=1S/C15H15NO2/c1-4-6-11(5-2)16-14(17)12-8-7-10(3)9-13(12)15(16)18/h2,7-9,11H,4,6H2,1,3H3. The van der Waals surface area contributed by atoms with E-state index in [0.717, 1.165) is 12.0 Å². The molecule has 0 saturated heterocycles. The minimum Gasteiger partial charge on any atom is -0.269 e. The lowest BCUT2D eigenvalue weighted by atomic mass is 10.1. The predicted octanol–water partition coefficient (Wildman–Crippen LogP) is 2.39. The number of terminal acetylenes is 1. The molecule has 0 aliphatic carbocycles. The smallest absolute Gasteiger partial charge is 0.262 e. The molecule has 0 saturated carbocycles. The van der Waals surface area contributed by atoms with Crippen LogP contribution in [0, 0.1) is 19.3 Å². The third-order valence-electron chi connectivity index (χ3n) is 3.14. The van der Waals surface area contributed by atoms with Crippen molar-refractivity contribution in [3.63, 3.8) is 0 Å². The van der Waals surface area contributed by atoms with Gasteiger partial charge in [0.2, 0.25) is 0 Å². The second kappa shape index (κ2) is 4.66. The number of hydrogen-bond acceptors (Lipinski definition) is 2. The van der Waals surface area contributed by atoms with E-state index in [1.165, 1.54) is 4.90 Å². The molecule has 0 N–H and O–H groups in total. The highest BCUT2D eigenvalue weighted by atomic mass is 16.2. The van der Waals surface area contributed by atoms with E-state index in [2.05, 4.69) is 5.92 Å². The molecule has 0 spiro atoms. The van der Waals surface area contributed by atoms with Gasteiger partial charge in [0, 0.05) is 0 Å². The zero-order valence-corrected chi connectivity index (χ0v) is 10.6. The summed E-state index contributed by atoms with van der Waals surface area (Å²) in [5.41, 5.74) is 1.89. The van der Waals surface area contributed by atoms with E-state index in [0.29, 0.717) is 17.5 Å². The number of amides is 2. The second-order valence-corrected chi connectivity index (χ2v) is 4.50. The van der Waals surface area contributed by atoms with Gasteiger partial charge in [-0.2, -0.15) is 0 Å². The van der Waals surface area contributed by atoms with Crippen molar-refractivity contribution in [2.24, 2.45) is 0 Å². The molecule has 0 bridgehead atoms. The Balaban J connectivity index is 2.42. The Kier molecular flexibility index (Phi) is 3.20. The van der Waals surface area contributed by atoms with Crippen LogP contribution in [0.1, 0.15) is 46.0 Å². The van der Waals surface area contributed by atoms with Crippen molar-refractivity contribution >= 4 is 11.8 Å². The quantitative estimate of drug-likeness (QED) is 0.602. The van der Waals surface area contributed by atoms with Crippen molar-refractivity contribution < 1.29 is 9.59 Å². The Bertz CT molecular complexity index is 554. The van der Waals surface area contributed by atoms with E-state index in [1.54, 1.807) is 12.1 Å². The maximum atomic E-state index is 12.2. The van der Waals surface area contributed by atoms with Crippen molar-refractivity contribution in [2.45, 2.75) is 32.7 Å². The van der Waals surface area contributed by atoms with Crippen molar-refractivity contribution in [3.05, 3.63) is 34.9 Å². The van der Waals surface area contributed by atoms with Gasteiger partial charge in [0.05, 0.1) is 11.1 Å². The van der Waals surface area contributed by atoms with Crippen LogP contribution in [-0.4, -0.2) is 22.8 Å². The number of aryl methyl sites for hydroxylation is 1. The van der Waals surface area contributed by atoms with Crippen molar-refractivity contribution in [2.75, 3.05) is 0 Å². The monoisotopic (exact) mass is 241 g/mol. The van der Waals surface area contributed by atoms with Gasteiger partial charge in [-0.05, 0) is 25.5 Å². The summed E-state index contributed by atoms with van der Waals surface area (Å²) in [7, 11) is 0. The summed E-state index contributed by atoms with van der Waals surface area (Å²) >= 11 is 0.